The molecule has 18 heteroatoms. The van der Waals surface area contributed by atoms with Crippen molar-refractivity contribution in [2.45, 2.75) is 0 Å². The Morgan fingerprint density at radius 1 is 0.625 bits per heavy atom. The number of pyridine rings is 2. The fourth-order valence-electron chi connectivity index (χ4n) is 4.10. The van der Waals surface area contributed by atoms with Crippen molar-refractivity contribution in [2.75, 3.05) is 45.6 Å². The van der Waals surface area contributed by atoms with Gasteiger partial charge in [0.2, 0.25) is 0 Å². The second-order valence-corrected chi connectivity index (χ2v) is 9.32. The SMILES string of the molecule is COC(=O)c1cc(F)c(-c2cnc(C(=O)OC)c(N)c2)cc1N.COC(=O)c1cc(F)c(-c2cnc(C(=O)OC)c(N)c2)cc1[N+](=O)[O-]. The number of hydrogen-bond donors (Lipinski definition) is 3. The Balaban J connectivity index is 0.000000261. The smallest absolute Gasteiger partial charge is 0.358 e. The van der Waals surface area contributed by atoms with Gasteiger partial charge in [-0.25, -0.2) is 37.9 Å². The fourth-order valence-corrected chi connectivity index (χ4v) is 4.10. The van der Waals surface area contributed by atoms with E-state index in [2.05, 4.69) is 28.9 Å². The van der Waals surface area contributed by atoms with Crippen LogP contribution in [0.4, 0.5) is 31.5 Å². The molecular weight excluding hydrogens is 642 g/mol. The molecule has 0 unspecified atom stereocenters. The topological polar surface area (TPSA) is 252 Å². The highest BCUT2D eigenvalue weighted by atomic mass is 19.1. The van der Waals surface area contributed by atoms with Gasteiger partial charge in [-0.3, -0.25) is 10.1 Å². The Hall–Kier alpha value is -6.72. The van der Waals surface area contributed by atoms with Gasteiger partial charge in [0.25, 0.3) is 5.69 Å². The summed E-state index contributed by atoms with van der Waals surface area (Å²) in [7, 11) is 4.53. The van der Waals surface area contributed by atoms with E-state index in [1.807, 2.05) is 0 Å². The minimum absolute atomic E-state index is 0.0318. The van der Waals surface area contributed by atoms with E-state index in [0.717, 1.165) is 32.5 Å². The Kier molecular flexibility index (Phi) is 11.2. The quantitative estimate of drug-likeness (QED) is 0.0836. The maximum Gasteiger partial charge on any atom is 0.358 e. The zero-order valence-corrected chi connectivity index (χ0v) is 25.5. The van der Waals surface area contributed by atoms with Gasteiger partial charge >= 0.3 is 23.9 Å². The van der Waals surface area contributed by atoms with Crippen LogP contribution in [0.1, 0.15) is 41.7 Å². The first-order valence-electron chi connectivity index (χ1n) is 13.1. The fraction of sp³-hybridized carbons (Fsp3) is 0.133. The molecule has 0 radical (unpaired) electrons. The van der Waals surface area contributed by atoms with E-state index in [-0.39, 0.29) is 50.7 Å². The van der Waals surface area contributed by atoms with Crippen LogP contribution in [0.5, 0.6) is 0 Å². The zero-order valence-electron chi connectivity index (χ0n) is 25.5. The predicted octanol–water partition coefficient (Wildman–Crippen LogP) is 3.58. The Labute approximate surface area is 269 Å². The lowest BCUT2D eigenvalue weighted by atomic mass is 10.0. The molecular formula is C30H26F2N6O10. The summed E-state index contributed by atoms with van der Waals surface area (Å²) in [5.41, 5.74) is 15.9. The highest BCUT2D eigenvalue weighted by Gasteiger charge is 2.26. The van der Waals surface area contributed by atoms with Crippen molar-refractivity contribution in [3.8, 4) is 22.3 Å². The van der Waals surface area contributed by atoms with E-state index in [4.69, 9.17) is 17.2 Å². The molecule has 0 atom stereocenters. The Morgan fingerprint density at radius 3 is 1.42 bits per heavy atom. The van der Waals surface area contributed by atoms with Crippen molar-refractivity contribution < 1.29 is 51.8 Å². The number of methoxy groups -OCH3 is 4. The molecule has 250 valence electrons. The summed E-state index contributed by atoms with van der Waals surface area (Å²) >= 11 is 0. The van der Waals surface area contributed by atoms with Gasteiger partial charge in [-0.05, 0) is 30.3 Å². The van der Waals surface area contributed by atoms with Crippen molar-refractivity contribution >= 4 is 46.6 Å². The summed E-state index contributed by atoms with van der Waals surface area (Å²) in [4.78, 5) is 63.9. The number of rotatable bonds is 7. The molecule has 0 bridgehead atoms. The van der Waals surface area contributed by atoms with E-state index in [1.165, 1.54) is 38.6 Å². The van der Waals surface area contributed by atoms with Crippen LogP contribution in [0.25, 0.3) is 22.3 Å². The highest BCUT2D eigenvalue weighted by molar-refractivity contribution is 5.98. The molecule has 2 heterocycles. The molecule has 48 heavy (non-hydrogen) atoms. The molecule has 6 N–H and O–H groups in total. The zero-order chi connectivity index (χ0) is 35.9. The predicted molar refractivity (Wildman–Crippen MR) is 165 cm³/mol. The average Bonchev–Trinajstić information content (AvgIpc) is 3.07. The number of halogens is 2. The number of nitrogen functional groups attached to an aromatic ring is 3. The van der Waals surface area contributed by atoms with Gasteiger partial charge in [0.05, 0.1) is 50.3 Å². The third kappa shape index (κ3) is 7.56. The monoisotopic (exact) mass is 668 g/mol. The van der Waals surface area contributed by atoms with Crippen LogP contribution >= 0.6 is 0 Å². The van der Waals surface area contributed by atoms with Crippen molar-refractivity contribution in [3.05, 3.63) is 93.1 Å². The number of esters is 4. The van der Waals surface area contributed by atoms with Gasteiger partial charge in [0.15, 0.2) is 11.4 Å². The molecule has 0 amide bonds. The van der Waals surface area contributed by atoms with E-state index in [0.29, 0.717) is 11.6 Å². The minimum atomic E-state index is -1.05. The maximum absolute atomic E-state index is 14.3. The Morgan fingerprint density at radius 2 is 1.02 bits per heavy atom. The second kappa shape index (κ2) is 15.0. The number of nitrogens with zero attached hydrogens (tertiary/aromatic N) is 3. The van der Waals surface area contributed by atoms with Gasteiger partial charge in [0.1, 0.15) is 17.2 Å². The summed E-state index contributed by atoms with van der Waals surface area (Å²) in [5.74, 6) is -4.89. The number of benzene rings is 2. The molecule has 0 aliphatic heterocycles. The summed E-state index contributed by atoms with van der Waals surface area (Å²) in [6, 6.07) is 6.41. The normalized spacial score (nSPS) is 10.2. The number of carbonyl (C=O) groups is 4. The number of nitro benzene ring substituents is 1. The first kappa shape index (κ1) is 35.8. The molecule has 4 aromatic rings. The molecule has 0 saturated heterocycles. The first-order chi connectivity index (χ1) is 22.7. The number of ether oxygens (including phenoxy) is 4. The van der Waals surface area contributed by atoms with Crippen LogP contribution in [0.2, 0.25) is 0 Å². The van der Waals surface area contributed by atoms with Crippen LogP contribution in [0.3, 0.4) is 0 Å². The Bertz CT molecular complexity index is 1950. The molecule has 0 aliphatic carbocycles. The van der Waals surface area contributed by atoms with E-state index >= 15 is 0 Å². The molecule has 0 saturated carbocycles. The van der Waals surface area contributed by atoms with Gasteiger partial charge in [-0.2, -0.15) is 0 Å². The second-order valence-electron chi connectivity index (χ2n) is 9.32. The summed E-state index contributed by atoms with van der Waals surface area (Å²) in [5, 5.41) is 11.2. The standard InChI is InChI=1S/C15H12FN3O6.C15H14FN3O4/c1-24-14(20)9-4-10(16)8(5-12(9)19(22)23)7-3-11(17)13(18-6-7)15(21)25-2;1-22-14(20)9-4-10(16)8(5-11(9)17)7-3-12(18)13(19-6-7)15(21)23-2/h3-6H,17H2,1-2H3;3-6H,17-18H2,1-2H3. The largest absolute Gasteiger partial charge is 0.465 e. The first-order valence-corrected chi connectivity index (χ1v) is 13.1. The molecule has 16 nitrogen and oxygen atoms in total. The number of carbonyl (C=O) groups excluding carboxylic acids is 4. The molecule has 0 spiro atoms. The van der Waals surface area contributed by atoms with Crippen molar-refractivity contribution in [3.63, 3.8) is 0 Å². The van der Waals surface area contributed by atoms with Crippen molar-refractivity contribution in [2.24, 2.45) is 0 Å². The maximum atomic E-state index is 14.3. The van der Waals surface area contributed by atoms with Crippen LogP contribution in [0, 0.1) is 21.7 Å². The van der Waals surface area contributed by atoms with E-state index < -0.39 is 51.7 Å². The van der Waals surface area contributed by atoms with Gasteiger partial charge < -0.3 is 36.1 Å². The summed E-state index contributed by atoms with van der Waals surface area (Å²) in [6.07, 6.45) is 2.38. The van der Waals surface area contributed by atoms with Crippen LogP contribution < -0.4 is 17.2 Å². The lowest BCUT2D eigenvalue weighted by Crippen LogP contribution is -2.09. The summed E-state index contributed by atoms with van der Waals surface area (Å²) in [6.45, 7) is 0. The minimum Gasteiger partial charge on any atom is -0.465 e. The average molecular weight is 669 g/mol. The highest BCUT2D eigenvalue weighted by Crippen LogP contribution is 2.32. The third-order valence-corrected chi connectivity index (χ3v) is 6.45. The molecule has 2 aromatic heterocycles. The molecule has 0 fully saturated rings. The van der Waals surface area contributed by atoms with Crippen LogP contribution in [0.15, 0.2) is 48.8 Å². The third-order valence-electron chi connectivity index (χ3n) is 6.45. The summed E-state index contributed by atoms with van der Waals surface area (Å²) < 4.78 is 46.5. The number of nitrogens with two attached hydrogens (primary N) is 3. The molecule has 0 aliphatic rings. The lowest BCUT2D eigenvalue weighted by molar-refractivity contribution is -0.385. The number of nitro groups is 1. The van der Waals surface area contributed by atoms with E-state index in [1.54, 1.807) is 0 Å². The van der Waals surface area contributed by atoms with E-state index in [9.17, 15) is 38.1 Å². The van der Waals surface area contributed by atoms with Crippen LogP contribution in [-0.4, -0.2) is 67.2 Å². The van der Waals surface area contributed by atoms with Crippen LogP contribution in [-0.2, 0) is 18.9 Å². The van der Waals surface area contributed by atoms with Crippen molar-refractivity contribution in [1.29, 1.82) is 0 Å². The van der Waals surface area contributed by atoms with Gasteiger partial charge in [-0.15, -0.1) is 0 Å². The number of aromatic nitrogens is 2. The number of anilines is 3. The lowest BCUT2D eigenvalue weighted by Gasteiger charge is -2.10. The number of hydrogen-bond acceptors (Lipinski definition) is 15. The van der Waals surface area contributed by atoms with Crippen molar-refractivity contribution in [1.82, 2.24) is 9.97 Å². The molecule has 2 aromatic carbocycles. The molecule has 4 rings (SSSR count). The van der Waals surface area contributed by atoms with Gasteiger partial charge in [-0.1, -0.05) is 0 Å². The van der Waals surface area contributed by atoms with Gasteiger partial charge in [0, 0.05) is 46.4 Å².